The molecule has 94 valence electrons. The molecule has 2 rings (SSSR count). The first kappa shape index (κ1) is 12.1. The van der Waals surface area contributed by atoms with Crippen molar-refractivity contribution in [3.05, 3.63) is 23.7 Å². The summed E-state index contributed by atoms with van der Waals surface area (Å²) in [5.74, 6) is -0.418. The molecule has 0 aliphatic heterocycles. The van der Waals surface area contributed by atoms with Gasteiger partial charge in [0, 0.05) is 6.54 Å². The van der Waals surface area contributed by atoms with Gasteiger partial charge in [-0.1, -0.05) is 12.8 Å². The number of aliphatic hydroxyl groups is 1. The number of carboxylic acid groups (broad SMARTS) is 1. The molecule has 17 heavy (non-hydrogen) atoms. The zero-order chi connectivity index (χ0) is 12.3. The summed E-state index contributed by atoms with van der Waals surface area (Å²) in [6.07, 6.45) is 5.03. The number of carboxylic acids is 1. The van der Waals surface area contributed by atoms with E-state index in [0.29, 0.717) is 18.8 Å². The SMILES string of the molecule is O=C(O)c1coc(CNCC2(O)CCCC2)c1. The van der Waals surface area contributed by atoms with Gasteiger partial charge in [-0.05, 0) is 18.9 Å². The molecule has 0 atom stereocenters. The molecule has 0 bridgehead atoms. The van der Waals surface area contributed by atoms with Crippen molar-refractivity contribution in [1.29, 1.82) is 0 Å². The minimum atomic E-state index is -0.991. The summed E-state index contributed by atoms with van der Waals surface area (Å²) >= 11 is 0. The first-order valence-electron chi connectivity index (χ1n) is 5.83. The van der Waals surface area contributed by atoms with E-state index in [1.54, 1.807) is 0 Å². The van der Waals surface area contributed by atoms with E-state index in [1.807, 2.05) is 0 Å². The van der Waals surface area contributed by atoms with Crippen LogP contribution in [0.2, 0.25) is 0 Å². The monoisotopic (exact) mass is 239 g/mol. The predicted octanol–water partition coefficient (Wildman–Crippen LogP) is 1.37. The summed E-state index contributed by atoms with van der Waals surface area (Å²) in [5.41, 5.74) is -0.441. The lowest BCUT2D eigenvalue weighted by Gasteiger charge is -2.21. The summed E-state index contributed by atoms with van der Waals surface area (Å²) < 4.78 is 5.10. The number of nitrogens with one attached hydrogen (secondary N) is 1. The molecular weight excluding hydrogens is 222 g/mol. The highest BCUT2D eigenvalue weighted by molar-refractivity contribution is 5.87. The minimum Gasteiger partial charge on any atom is -0.478 e. The summed E-state index contributed by atoms with van der Waals surface area (Å²) in [6, 6.07) is 1.49. The quantitative estimate of drug-likeness (QED) is 0.723. The fraction of sp³-hybridized carbons (Fsp3) is 0.583. The second-order valence-electron chi connectivity index (χ2n) is 4.64. The van der Waals surface area contributed by atoms with Crippen LogP contribution in [-0.4, -0.2) is 28.3 Å². The summed E-state index contributed by atoms with van der Waals surface area (Å²) in [5, 5.41) is 21.9. The van der Waals surface area contributed by atoms with Crippen molar-refractivity contribution in [2.45, 2.75) is 37.8 Å². The Morgan fingerprint density at radius 3 is 2.76 bits per heavy atom. The molecule has 1 aromatic rings. The van der Waals surface area contributed by atoms with Crippen LogP contribution in [0.15, 0.2) is 16.7 Å². The second kappa shape index (κ2) is 4.89. The summed E-state index contributed by atoms with van der Waals surface area (Å²) in [4.78, 5) is 10.6. The lowest BCUT2D eigenvalue weighted by Crippen LogP contribution is -2.37. The Morgan fingerprint density at radius 2 is 2.18 bits per heavy atom. The van der Waals surface area contributed by atoms with Gasteiger partial charge in [-0.2, -0.15) is 0 Å². The smallest absolute Gasteiger partial charge is 0.338 e. The van der Waals surface area contributed by atoms with Crippen LogP contribution in [0.3, 0.4) is 0 Å². The van der Waals surface area contributed by atoms with E-state index in [-0.39, 0.29) is 5.56 Å². The third kappa shape index (κ3) is 3.08. The minimum absolute atomic E-state index is 0.154. The third-order valence-electron chi connectivity index (χ3n) is 3.19. The Bertz CT molecular complexity index is 393. The first-order valence-corrected chi connectivity index (χ1v) is 5.83. The standard InChI is InChI=1S/C12H17NO4/c14-11(15)9-5-10(17-7-9)6-13-8-12(16)3-1-2-4-12/h5,7,13,16H,1-4,6,8H2,(H,14,15). The van der Waals surface area contributed by atoms with Crippen LogP contribution >= 0.6 is 0 Å². The van der Waals surface area contributed by atoms with E-state index in [4.69, 9.17) is 9.52 Å². The Hall–Kier alpha value is -1.33. The summed E-state index contributed by atoms with van der Waals surface area (Å²) in [7, 11) is 0. The Balaban J connectivity index is 1.79. The lowest BCUT2D eigenvalue weighted by atomic mass is 10.0. The van der Waals surface area contributed by atoms with Gasteiger partial charge < -0.3 is 19.9 Å². The number of furan rings is 1. The zero-order valence-electron chi connectivity index (χ0n) is 9.61. The molecule has 1 aromatic heterocycles. The highest BCUT2D eigenvalue weighted by Gasteiger charge is 2.30. The van der Waals surface area contributed by atoms with Gasteiger partial charge in [0.15, 0.2) is 0 Å². The molecule has 1 fully saturated rings. The zero-order valence-corrected chi connectivity index (χ0v) is 9.61. The average molecular weight is 239 g/mol. The van der Waals surface area contributed by atoms with Gasteiger partial charge in [0.1, 0.15) is 12.0 Å². The van der Waals surface area contributed by atoms with Gasteiger partial charge in [-0.3, -0.25) is 0 Å². The predicted molar refractivity (Wildman–Crippen MR) is 60.8 cm³/mol. The lowest BCUT2D eigenvalue weighted by molar-refractivity contribution is 0.0470. The number of aromatic carboxylic acids is 1. The van der Waals surface area contributed by atoms with Gasteiger partial charge in [0.05, 0.1) is 17.7 Å². The molecule has 0 unspecified atom stereocenters. The number of rotatable bonds is 5. The highest BCUT2D eigenvalue weighted by atomic mass is 16.4. The molecule has 1 aliphatic carbocycles. The van der Waals surface area contributed by atoms with Crippen LogP contribution in [0.25, 0.3) is 0 Å². The molecular formula is C12H17NO4. The van der Waals surface area contributed by atoms with Crippen molar-refractivity contribution in [1.82, 2.24) is 5.32 Å². The molecule has 3 N–H and O–H groups in total. The van der Waals surface area contributed by atoms with E-state index >= 15 is 0 Å². The van der Waals surface area contributed by atoms with Crippen molar-refractivity contribution in [2.75, 3.05) is 6.54 Å². The normalized spacial score (nSPS) is 18.4. The molecule has 0 radical (unpaired) electrons. The Kier molecular flexibility index (Phi) is 3.49. The largest absolute Gasteiger partial charge is 0.478 e. The van der Waals surface area contributed by atoms with Crippen molar-refractivity contribution < 1.29 is 19.4 Å². The van der Waals surface area contributed by atoms with Gasteiger partial charge >= 0.3 is 5.97 Å². The maximum atomic E-state index is 10.6. The van der Waals surface area contributed by atoms with Gasteiger partial charge in [0.2, 0.25) is 0 Å². The molecule has 0 saturated heterocycles. The van der Waals surface area contributed by atoms with E-state index < -0.39 is 11.6 Å². The number of carbonyl (C=O) groups is 1. The van der Waals surface area contributed by atoms with Gasteiger partial charge in [-0.25, -0.2) is 4.79 Å². The third-order valence-corrected chi connectivity index (χ3v) is 3.19. The molecule has 0 spiro atoms. The average Bonchev–Trinajstić information content (AvgIpc) is 2.88. The Morgan fingerprint density at radius 1 is 1.47 bits per heavy atom. The Labute approximate surface area is 99.4 Å². The van der Waals surface area contributed by atoms with Crippen molar-refractivity contribution in [3.8, 4) is 0 Å². The van der Waals surface area contributed by atoms with Gasteiger partial charge in [0.25, 0.3) is 0 Å². The summed E-state index contributed by atoms with van der Waals surface area (Å²) in [6.45, 7) is 0.964. The molecule has 1 aliphatic rings. The number of hydrogen-bond donors (Lipinski definition) is 3. The second-order valence-corrected chi connectivity index (χ2v) is 4.64. The molecule has 5 nitrogen and oxygen atoms in total. The van der Waals surface area contributed by atoms with Crippen LogP contribution in [0.4, 0.5) is 0 Å². The van der Waals surface area contributed by atoms with Crippen LogP contribution in [-0.2, 0) is 6.54 Å². The first-order chi connectivity index (χ1) is 8.09. The fourth-order valence-electron chi connectivity index (χ4n) is 2.21. The van der Waals surface area contributed by atoms with Crippen LogP contribution in [0, 0.1) is 0 Å². The van der Waals surface area contributed by atoms with Crippen LogP contribution < -0.4 is 5.32 Å². The van der Waals surface area contributed by atoms with Crippen LogP contribution in [0.1, 0.15) is 41.8 Å². The van der Waals surface area contributed by atoms with E-state index in [0.717, 1.165) is 25.7 Å². The maximum absolute atomic E-state index is 10.6. The maximum Gasteiger partial charge on any atom is 0.338 e. The molecule has 0 amide bonds. The van der Waals surface area contributed by atoms with E-state index in [2.05, 4.69) is 5.32 Å². The van der Waals surface area contributed by atoms with Crippen molar-refractivity contribution in [3.63, 3.8) is 0 Å². The molecule has 5 heteroatoms. The van der Waals surface area contributed by atoms with E-state index in [9.17, 15) is 9.90 Å². The van der Waals surface area contributed by atoms with Crippen molar-refractivity contribution in [2.24, 2.45) is 0 Å². The fourth-order valence-corrected chi connectivity index (χ4v) is 2.21. The molecule has 0 aromatic carbocycles. The van der Waals surface area contributed by atoms with Crippen molar-refractivity contribution >= 4 is 5.97 Å². The van der Waals surface area contributed by atoms with Gasteiger partial charge in [-0.15, -0.1) is 0 Å². The van der Waals surface area contributed by atoms with E-state index in [1.165, 1.54) is 12.3 Å². The molecule has 1 saturated carbocycles. The molecule has 1 heterocycles. The van der Waals surface area contributed by atoms with Crippen LogP contribution in [0.5, 0.6) is 0 Å². The highest BCUT2D eigenvalue weighted by Crippen LogP contribution is 2.28. The topological polar surface area (TPSA) is 82.7 Å². The number of hydrogen-bond acceptors (Lipinski definition) is 4.